The minimum absolute atomic E-state index is 0.00836. The Hall–Kier alpha value is -3.29. The largest absolute Gasteiger partial charge is 0.464 e. The van der Waals surface area contributed by atoms with Gasteiger partial charge in [-0.2, -0.15) is 13.2 Å². The zero-order chi connectivity index (χ0) is 18.9. The van der Waals surface area contributed by atoms with E-state index in [0.29, 0.717) is 10.9 Å². The number of hydrogen-bond donors (Lipinski definition) is 2. The summed E-state index contributed by atoms with van der Waals surface area (Å²) in [6, 6.07) is 10.8. The van der Waals surface area contributed by atoms with Crippen molar-refractivity contribution in [2.45, 2.75) is 6.18 Å². The van der Waals surface area contributed by atoms with Crippen LogP contribution in [0.5, 0.6) is 0 Å². The maximum absolute atomic E-state index is 12.8. The highest BCUT2D eigenvalue weighted by molar-refractivity contribution is 6.14. The molecule has 0 fully saturated rings. The van der Waals surface area contributed by atoms with Gasteiger partial charge in [0, 0.05) is 16.5 Å². The molecule has 26 heavy (non-hydrogen) atoms. The van der Waals surface area contributed by atoms with Gasteiger partial charge in [-0.15, -0.1) is 0 Å². The zero-order valence-electron chi connectivity index (χ0n) is 13.5. The summed E-state index contributed by atoms with van der Waals surface area (Å²) in [4.78, 5) is 27.2. The molecule has 0 radical (unpaired) electrons. The Bertz CT molecular complexity index is 993. The smallest absolute Gasteiger partial charge is 0.416 e. The average molecular weight is 362 g/mol. The molecule has 1 aromatic heterocycles. The van der Waals surface area contributed by atoms with E-state index in [4.69, 9.17) is 0 Å². The van der Waals surface area contributed by atoms with Gasteiger partial charge in [-0.3, -0.25) is 4.79 Å². The molecule has 134 valence electrons. The molecule has 0 saturated carbocycles. The first-order valence-corrected chi connectivity index (χ1v) is 7.49. The third-order valence-electron chi connectivity index (χ3n) is 3.79. The number of fused-ring (bicyclic) bond motifs is 1. The summed E-state index contributed by atoms with van der Waals surface area (Å²) in [5.74, 6) is -1.48. The number of carbonyl (C=O) groups is 2. The molecule has 0 unspecified atom stereocenters. The molecule has 0 saturated heterocycles. The summed E-state index contributed by atoms with van der Waals surface area (Å²) >= 11 is 0. The molecule has 0 spiro atoms. The standard InChI is InChI=1S/C18H13F3N2O3/c1-26-17(25)15-14(12-7-2-3-8-13(12)22-15)23-16(24)10-5-4-6-11(9-10)18(19,20)21/h2-9,22H,1H3,(H,23,24). The van der Waals surface area contributed by atoms with E-state index in [-0.39, 0.29) is 16.9 Å². The molecule has 0 atom stereocenters. The third kappa shape index (κ3) is 3.26. The number of para-hydroxylation sites is 1. The van der Waals surface area contributed by atoms with Crippen LogP contribution in [0, 0.1) is 0 Å². The zero-order valence-corrected chi connectivity index (χ0v) is 13.5. The number of hydrogen-bond acceptors (Lipinski definition) is 3. The van der Waals surface area contributed by atoms with Crippen LogP contribution in [0.3, 0.4) is 0 Å². The Balaban J connectivity index is 2.01. The molecule has 1 heterocycles. The van der Waals surface area contributed by atoms with Crippen LogP contribution in [-0.2, 0) is 10.9 Å². The number of esters is 1. The second kappa shape index (κ2) is 6.55. The Morgan fingerprint density at radius 1 is 1.08 bits per heavy atom. The molecule has 2 aromatic carbocycles. The number of rotatable bonds is 3. The van der Waals surface area contributed by atoms with Gasteiger partial charge in [-0.25, -0.2) is 4.79 Å². The highest BCUT2D eigenvalue weighted by Crippen LogP contribution is 2.31. The summed E-state index contributed by atoms with van der Waals surface area (Å²) in [6.07, 6.45) is -4.56. The van der Waals surface area contributed by atoms with E-state index in [0.717, 1.165) is 18.2 Å². The maximum atomic E-state index is 12.8. The summed E-state index contributed by atoms with van der Waals surface area (Å²) < 4.78 is 43.2. The SMILES string of the molecule is COC(=O)c1[nH]c2ccccc2c1NC(=O)c1cccc(C(F)(F)F)c1. The molecule has 3 rings (SSSR count). The van der Waals surface area contributed by atoms with E-state index in [2.05, 4.69) is 15.0 Å². The van der Waals surface area contributed by atoms with Crippen LogP contribution in [0.25, 0.3) is 10.9 Å². The lowest BCUT2D eigenvalue weighted by atomic mass is 10.1. The number of ether oxygens (including phenoxy) is 1. The molecule has 0 aliphatic carbocycles. The van der Waals surface area contributed by atoms with Crippen molar-refractivity contribution in [1.82, 2.24) is 4.98 Å². The number of amides is 1. The second-order valence-corrected chi connectivity index (χ2v) is 5.44. The van der Waals surface area contributed by atoms with Gasteiger partial charge in [0.15, 0.2) is 0 Å². The lowest BCUT2D eigenvalue weighted by Gasteiger charge is -2.10. The predicted octanol–water partition coefficient (Wildman–Crippen LogP) is 4.23. The molecule has 0 aliphatic rings. The number of alkyl halides is 3. The average Bonchev–Trinajstić information content (AvgIpc) is 2.99. The normalized spacial score (nSPS) is 11.4. The quantitative estimate of drug-likeness (QED) is 0.685. The Labute approximate surface area is 145 Å². The highest BCUT2D eigenvalue weighted by atomic mass is 19.4. The predicted molar refractivity (Wildman–Crippen MR) is 89.0 cm³/mol. The molecule has 0 aliphatic heterocycles. The summed E-state index contributed by atoms with van der Waals surface area (Å²) in [5.41, 5.74) is -0.380. The molecule has 8 heteroatoms. The van der Waals surface area contributed by atoms with Crippen LogP contribution in [0.4, 0.5) is 18.9 Å². The number of H-pyrrole nitrogens is 1. The van der Waals surface area contributed by atoms with Gasteiger partial charge in [0.1, 0.15) is 5.69 Å². The van der Waals surface area contributed by atoms with Gasteiger partial charge in [0.05, 0.1) is 18.4 Å². The van der Waals surface area contributed by atoms with Crippen molar-refractivity contribution in [3.8, 4) is 0 Å². The highest BCUT2D eigenvalue weighted by Gasteiger charge is 2.31. The lowest BCUT2D eigenvalue weighted by molar-refractivity contribution is -0.137. The van der Waals surface area contributed by atoms with Crippen molar-refractivity contribution < 1.29 is 27.5 Å². The van der Waals surface area contributed by atoms with Crippen molar-refractivity contribution in [1.29, 1.82) is 0 Å². The minimum Gasteiger partial charge on any atom is -0.464 e. The summed E-state index contributed by atoms with van der Waals surface area (Å²) in [7, 11) is 1.19. The van der Waals surface area contributed by atoms with Gasteiger partial charge >= 0.3 is 12.1 Å². The van der Waals surface area contributed by atoms with Crippen molar-refractivity contribution in [2.75, 3.05) is 12.4 Å². The number of aromatic nitrogens is 1. The van der Waals surface area contributed by atoms with Gasteiger partial charge in [0.2, 0.25) is 0 Å². The van der Waals surface area contributed by atoms with Crippen molar-refractivity contribution in [3.05, 3.63) is 65.4 Å². The number of anilines is 1. The van der Waals surface area contributed by atoms with Crippen LogP contribution < -0.4 is 5.32 Å². The van der Waals surface area contributed by atoms with Crippen molar-refractivity contribution in [2.24, 2.45) is 0 Å². The molecular weight excluding hydrogens is 349 g/mol. The van der Waals surface area contributed by atoms with E-state index >= 15 is 0 Å². The maximum Gasteiger partial charge on any atom is 0.416 e. The van der Waals surface area contributed by atoms with Gasteiger partial charge in [-0.1, -0.05) is 24.3 Å². The topological polar surface area (TPSA) is 71.2 Å². The fraction of sp³-hybridized carbons (Fsp3) is 0.111. The van der Waals surface area contributed by atoms with Crippen LogP contribution in [0.1, 0.15) is 26.4 Å². The number of benzene rings is 2. The molecule has 1 amide bonds. The fourth-order valence-corrected chi connectivity index (χ4v) is 2.55. The van der Waals surface area contributed by atoms with Gasteiger partial charge < -0.3 is 15.0 Å². The van der Waals surface area contributed by atoms with E-state index < -0.39 is 23.6 Å². The Kier molecular flexibility index (Phi) is 4.41. The number of methoxy groups -OCH3 is 1. The first-order valence-electron chi connectivity index (χ1n) is 7.49. The first kappa shape index (κ1) is 17.5. The number of aromatic amines is 1. The van der Waals surface area contributed by atoms with E-state index in [9.17, 15) is 22.8 Å². The van der Waals surface area contributed by atoms with Gasteiger partial charge in [-0.05, 0) is 24.3 Å². The molecule has 0 bridgehead atoms. The Morgan fingerprint density at radius 3 is 2.50 bits per heavy atom. The van der Waals surface area contributed by atoms with Crippen molar-refractivity contribution >= 4 is 28.5 Å². The Morgan fingerprint density at radius 2 is 1.81 bits per heavy atom. The van der Waals surface area contributed by atoms with Gasteiger partial charge in [0.25, 0.3) is 5.91 Å². The fourth-order valence-electron chi connectivity index (χ4n) is 2.55. The molecular formula is C18H13F3N2O3. The lowest BCUT2D eigenvalue weighted by Crippen LogP contribution is -2.16. The molecule has 5 nitrogen and oxygen atoms in total. The summed E-state index contributed by atoms with van der Waals surface area (Å²) in [5, 5.41) is 3.04. The van der Waals surface area contributed by atoms with E-state index in [1.165, 1.54) is 13.2 Å². The van der Waals surface area contributed by atoms with Crippen LogP contribution in [0.15, 0.2) is 48.5 Å². The first-order chi connectivity index (χ1) is 12.3. The van der Waals surface area contributed by atoms with Crippen molar-refractivity contribution in [3.63, 3.8) is 0 Å². The monoisotopic (exact) mass is 362 g/mol. The third-order valence-corrected chi connectivity index (χ3v) is 3.79. The molecule has 3 aromatic rings. The van der Waals surface area contributed by atoms with E-state index in [1.54, 1.807) is 24.3 Å². The second-order valence-electron chi connectivity index (χ2n) is 5.44. The van der Waals surface area contributed by atoms with Crippen LogP contribution in [0.2, 0.25) is 0 Å². The summed E-state index contributed by atoms with van der Waals surface area (Å²) in [6.45, 7) is 0. The molecule has 2 N–H and O–H groups in total. The van der Waals surface area contributed by atoms with E-state index in [1.807, 2.05) is 0 Å². The minimum atomic E-state index is -4.56. The number of nitrogens with one attached hydrogen (secondary N) is 2. The van der Waals surface area contributed by atoms with Crippen LogP contribution in [-0.4, -0.2) is 24.0 Å². The number of carbonyl (C=O) groups excluding carboxylic acids is 2. The number of halogens is 3. The van der Waals surface area contributed by atoms with Crippen LogP contribution >= 0.6 is 0 Å².